The maximum atomic E-state index is 12.7. The van der Waals surface area contributed by atoms with E-state index in [-0.39, 0.29) is 11.7 Å². The standard InChI is InChI=1S/C23H18ClN5O3S2/c1-2-31-14-9-10-16-19(12-14)34-22(25-16)26-20(30)13-33-23-28-27-21(18-8-5-11-32-18)29(23)17-7-4-3-6-15(17)24/h3-12H,2,13H2,1H3,(H,25,26,30). The van der Waals surface area contributed by atoms with E-state index in [4.69, 9.17) is 20.8 Å². The summed E-state index contributed by atoms with van der Waals surface area (Å²) in [7, 11) is 0. The second kappa shape index (κ2) is 9.88. The van der Waals surface area contributed by atoms with Gasteiger partial charge in [-0.05, 0) is 49.4 Å². The van der Waals surface area contributed by atoms with E-state index >= 15 is 0 Å². The minimum atomic E-state index is -0.206. The van der Waals surface area contributed by atoms with Crippen molar-refractivity contribution in [3.8, 4) is 23.0 Å². The number of aromatic nitrogens is 4. The van der Waals surface area contributed by atoms with Gasteiger partial charge < -0.3 is 14.5 Å². The molecule has 5 aromatic rings. The van der Waals surface area contributed by atoms with Crippen LogP contribution >= 0.6 is 34.7 Å². The molecule has 0 unspecified atom stereocenters. The van der Waals surface area contributed by atoms with E-state index in [0.29, 0.717) is 39.2 Å². The van der Waals surface area contributed by atoms with Gasteiger partial charge in [0.25, 0.3) is 0 Å². The molecular weight excluding hydrogens is 494 g/mol. The Hall–Kier alpha value is -3.34. The molecule has 11 heteroatoms. The van der Waals surface area contributed by atoms with E-state index in [9.17, 15) is 4.79 Å². The number of carbonyl (C=O) groups is 1. The number of ether oxygens (including phenoxy) is 1. The van der Waals surface area contributed by atoms with E-state index in [1.807, 2.05) is 43.3 Å². The SMILES string of the molecule is CCOc1ccc2nc(NC(=O)CSc3nnc(-c4ccco4)n3-c3ccccc3Cl)sc2c1. The lowest BCUT2D eigenvalue weighted by Gasteiger charge is -2.10. The molecule has 0 fully saturated rings. The van der Waals surface area contributed by atoms with Crippen molar-refractivity contribution in [3.63, 3.8) is 0 Å². The lowest BCUT2D eigenvalue weighted by Crippen LogP contribution is -2.14. The summed E-state index contributed by atoms with van der Waals surface area (Å²) in [6.45, 7) is 2.52. The number of fused-ring (bicyclic) bond motifs is 1. The van der Waals surface area contributed by atoms with Gasteiger partial charge in [0.1, 0.15) is 5.75 Å². The van der Waals surface area contributed by atoms with Crippen LogP contribution in [0.5, 0.6) is 5.75 Å². The number of hydrogen-bond donors (Lipinski definition) is 1. The number of hydrogen-bond acceptors (Lipinski definition) is 8. The van der Waals surface area contributed by atoms with Crippen molar-refractivity contribution in [2.75, 3.05) is 17.7 Å². The molecule has 0 atom stereocenters. The van der Waals surface area contributed by atoms with Crippen LogP contribution in [-0.2, 0) is 4.79 Å². The van der Waals surface area contributed by atoms with Gasteiger partial charge >= 0.3 is 0 Å². The molecule has 1 N–H and O–H groups in total. The van der Waals surface area contributed by atoms with Crippen molar-refractivity contribution in [1.29, 1.82) is 0 Å². The maximum absolute atomic E-state index is 12.7. The minimum Gasteiger partial charge on any atom is -0.494 e. The van der Waals surface area contributed by atoms with E-state index in [0.717, 1.165) is 16.0 Å². The van der Waals surface area contributed by atoms with Crippen LogP contribution in [0.3, 0.4) is 0 Å². The number of rotatable bonds is 8. The van der Waals surface area contributed by atoms with Crippen molar-refractivity contribution in [1.82, 2.24) is 19.7 Å². The number of nitrogens with one attached hydrogen (secondary N) is 1. The van der Waals surface area contributed by atoms with Gasteiger partial charge in [0.2, 0.25) is 11.7 Å². The third kappa shape index (κ3) is 4.65. The summed E-state index contributed by atoms with van der Waals surface area (Å²) in [5, 5.41) is 13.0. The molecular formula is C23H18ClN5O3S2. The normalized spacial score (nSPS) is 11.1. The highest BCUT2D eigenvalue weighted by atomic mass is 35.5. The van der Waals surface area contributed by atoms with Crippen LogP contribution in [0, 0.1) is 0 Å². The Bertz CT molecular complexity index is 1450. The predicted molar refractivity (Wildman–Crippen MR) is 134 cm³/mol. The molecule has 0 saturated carbocycles. The molecule has 3 aromatic heterocycles. The van der Waals surface area contributed by atoms with Gasteiger partial charge in [0.15, 0.2) is 16.0 Å². The molecule has 34 heavy (non-hydrogen) atoms. The van der Waals surface area contributed by atoms with Gasteiger partial charge in [0.05, 0.1) is 39.5 Å². The predicted octanol–water partition coefficient (Wildman–Crippen LogP) is 5.92. The molecule has 0 saturated heterocycles. The van der Waals surface area contributed by atoms with Gasteiger partial charge in [-0.1, -0.05) is 46.8 Å². The molecule has 0 bridgehead atoms. The number of benzene rings is 2. The molecule has 1 amide bonds. The third-order valence-electron chi connectivity index (χ3n) is 4.72. The summed E-state index contributed by atoms with van der Waals surface area (Å²) in [5.74, 6) is 1.73. The molecule has 172 valence electrons. The van der Waals surface area contributed by atoms with Crippen LogP contribution in [0.25, 0.3) is 27.5 Å². The van der Waals surface area contributed by atoms with Crippen LogP contribution in [0.15, 0.2) is 70.4 Å². The van der Waals surface area contributed by atoms with E-state index in [2.05, 4.69) is 20.5 Å². The first-order valence-corrected chi connectivity index (χ1v) is 12.5. The third-order valence-corrected chi connectivity index (χ3v) is 6.90. The molecule has 0 spiro atoms. The first kappa shape index (κ1) is 22.5. The summed E-state index contributed by atoms with van der Waals surface area (Å²) in [4.78, 5) is 17.2. The summed E-state index contributed by atoms with van der Waals surface area (Å²) < 4.78 is 13.8. The first-order valence-electron chi connectivity index (χ1n) is 10.3. The lowest BCUT2D eigenvalue weighted by atomic mass is 10.3. The molecule has 0 aliphatic heterocycles. The number of halogens is 1. The quantitative estimate of drug-likeness (QED) is 0.258. The fourth-order valence-electron chi connectivity index (χ4n) is 3.28. The Balaban J connectivity index is 1.34. The van der Waals surface area contributed by atoms with Crippen LogP contribution in [0.2, 0.25) is 5.02 Å². The van der Waals surface area contributed by atoms with E-state index in [1.54, 1.807) is 29.0 Å². The summed E-state index contributed by atoms with van der Waals surface area (Å²) in [6.07, 6.45) is 1.57. The fraction of sp³-hybridized carbons (Fsp3) is 0.130. The van der Waals surface area contributed by atoms with Gasteiger partial charge in [0, 0.05) is 0 Å². The van der Waals surface area contributed by atoms with Crippen LogP contribution in [0.4, 0.5) is 5.13 Å². The molecule has 0 aliphatic rings. The van der Waals surface area contributed by atoms with Gasteiger partial charge in [-0.2, -0.15) is 0 Å². The molecule has 3 heterocycles. The number of nitrogens with zero attached hydrogens (tertiary/aromatic N) is 4. The minimum absolute atomic E-state index is 0.112. The first-order chi connectivity index (χ1) is 16.6. The van der Waals surface area contributed by atoms with Crippen molar-refractivity contribution in [2.24, 2.45) is 0 Å². The second-order valence-electron chi connectivity index (χ2n) is 6.99. The summed E-state index contributed by atoms with van der Waals surface area (Å²) in [5.41, 5.74) is 1.50. The number of furan rings is 1. The highest BCUT2D eigenvalue weighted by Crippen LogP contribution is 2.32. The average molecular weight is 512 g/mol. The highest BCUT2D eigenvalue weighted by molar-refractivity contribution is 7.99. The molecule has 8 nitrogen and oxygen atoms in total. The Morgan fingerprint density at radius 1 is 1.21 bits per heavy atom. The lowest BCUT2D eigenvalue weighted by molar-refractivity contribution is -0.113. The van der Waals surface area contributed by atoms with E-state index in [1.165, 1.54) is 23.1 Å². The average Bonchev–Trinajstić information content (AvgIpc) is 3.57. The van der Waals surface area contributed by atoms with Gasteiger partial charge in [-0.15, -0.1) is 10.2 Å². The number of thiazole rings is 1. The van der Waals surface area contributed by atoms with Crippen molar-refractivity contribution in [2.45, 2.75) is 12.1 Å². The largest absolute Gasteiger partial charge is 0.494 e. The van der Waals surface area contributed by atoms with Crippen LogP contribution in [0.1, 0.15) is 6.92 Å². The number of para-hydroxylation sites is 1. The van der Waals surface area contributed by atoms with Gasteiger partial charge in [-0.25, -0.2) is 4.98 Å². The number of amides is 1. The topological polar surface area (TPSA) is 95.1 Å². The zero-order valence-corrected chi connectivity index (χ0v) is 20.3. The Labute approximate surface area is 207 Å². The summed E-state index contributed by atoms with van der Waals surface area (Å²) >= 11 is 9.09. The van der Waals surface area contributed by atoms with E-state index < -0.39 is 0 Å². The molecule has 2 aromatic carbocycles. The molecule has 5 rings (SSSR count). The van der Waals surface area contributed by atoms with Crippen molar-refractivity contribution < 1.29 is 13.9 Å². The van der Waals surface area contributed by atoms with Gasteiger partial charge in [-0.3, -0.25) is 9.36 Å². The fourth-order valence-corrected chi connectivity index (χ4v) is 5.15. The monoisotopic (exact) mass is 511 g/mol. The second-order valence-corrected chi connectivity index (χ2v) is 9.37. The van der Waals surface area contributed by atoms with Crippen molar-refractivity contribution >= 4 is 56.0 Å². The Morgan fingerprint density at radius 3 is 2.88 bits per heavy atom. The molecule has 0 radical (unpaired) electrons. The number of anilines is 1. The highest BCUT2D eigenvalue weighted by Gasteiger charge is 2.20. The zero-order valence-electron chi connectivity index (χ0n) is 17.9. The molecule has 0 aliphatic carbocycles. The van der Waals surface area contributed by atoms with Crippen LogP contribution < -0.4 is 10.1 Å². The number of thioether (sulfide) groups is 1. The van der Waals surface area contributed by atoms with Crippen LogP contribution in [-0.4, -0.2) is 38.0 Å². The zero-order chi connectivity index (χ0) is 23.5. The van der Waals surface area contributed by atoms with Crippen molar-refractivity contribution in [3.05, 3.63) is 65.9 Å². The Morgan fingerprint density at radius 2 is 2.09 bits per heavy atom. The number of carbonyl (C=O) groups excluding carboxylic acids is 1. The Kier molecular flexibility index (Phi) is 6.52. The smallest absolute Gasteiger partial charge is 0.236 e. The maximum Gasteiger partial charge on any atom is 0.236 e. The summed E-state index contributed by atoms with van der Waals surface area (Å²) in [6, 6.07) is 16.6.